The van der Waals surface area contributed by atoms with E-state index in [0.29, 0.717) is 0 Å². The number of carbonyl (C=O) groups is 3. The van der Waals surface area contributed by atoms with Crippen molar-refractivity contribution in [2.24, 2.45) is 0 Å². The van der Waals surface area contributed by atoms with Crippen LogP contribution in [-0.4, -0.2) is 70.7 Å². The van der Waals surface area contributed by atoms with Crippen molar-refractivity contribution in [1.82, 2.24) is 15.1 Å². The fourth-order valence-corrected chi connectivity index (χ4v) is 3.97. The molecule has 2 heterocycles. The van der Waals surface area contributed by atoms with Crippen LogP contribution < -0.4 is 10.1 Å². The zero-order chi connectivity index (χ0) is 23.8. The topological polar surface area (TPSA) is 99.2 Å². The van der Waals surface area contributed by atoms with Gasteiger partial charge >= 0.3 is 6.36 Å². The highest BCUT2D eigenvalue weighted by Crippen LogP contribution is 2.24. The van der Waals surface area contributed by atoms with Crippen LogP contribution >= 0.6 is 0 Å². The Hall–Kier alpha value is -3.76. The molecule has 8 nitrogen and oxygen atoms in total. The predicted molar refractivity (Wildman–Crippen MR) is 108 cm³/mol. The molecule has 2 aromatic carbocycles. The van der Waals surface area contributed by atoms with Crippen LogP contribution in [0.5, 0.6) is 11.5 Å². The van der Waals surface area contributed by atoms with E-state index in [1.54, 1.807) is 12.1 Å². The Kier molecular flexibility index (Phi) is 5.88. The number of carbonyl (C=O) groups excluding carboxylic acids is 3. The normalized spacial score (nSPS) is 20.8. The van der Waals surface area contributed by atoms with Crippen molar-refractivity contribution in [3.05, 3.63) is 59.7 Å². The van der Waals surface area contributed by atoms with Crippen LogP contribution in [0.1, 0.15) is 15.9 Å². The summed E-state index contributed by atoms with van der Waals surface area (Å²) in [6, 6.07) is 9.26. The van der Waals surface area contributed by atoms with Gasteiger partial charge in [-0.05, 0) is 42.0 Å². The van der Waals surface area contributed by atoms with Crippen LogP contribution in [-0.2, 0) is 16.0 Å². The molecule has 2 aliphatic rings. The number of phenols is 1. The van der Waals surface area contributed by atoms with Crippen LogP contribution in [0.3, 0.4) is 0 Å². The number of benzene rings is 2. The van der Waals surface area contributed by atoms with Gasteiger partial charge in [-0.3, -0.25) is 14.4 Å². The minimum Gasteiger partial charge on any atom is -0.508 e. The molecule has 0 aromatic heterocycles. The lowest BCUT2D eigenvalue weighted by atomic mass is 9.98. The van der Waals surface area contributed by atoms with E-state index in [-0.39, 0.29) is 49.2 Å². The summed E-state index contributed by atoms with van der Waals surface area (Å²) in [5.41, 5.74) is 0.919. The van der Waals surface area contributed by atoms with Gasteiger partial charge in [-0.2, -0.15) is 0 Å². The van der Waals surface area contributed by atoms with Gasteiger partial charge in [-0.1, -0.05) is 12.1 Å². The van der Waals surface area contributed by atoms with E-state index in [2.05, 4.69) is 10.1 Å². The highest BCUT2D eigenvalue weighted by molar-refractivity contribution is 5.99. The number of piperazine rings is 2. The molecular weight excluding hydrogens is 443 g/mol. The van der Waals surface area contributed by atoms with Gasteiger partial charge in [0.05, 0.1) is 6.54 Å². The van der Waals surface area contributed by atoms with E-state index in [1.165, 1.54) is 34.1 Å². The van der Waals surface area contributed by atoms with Crippen molar-refractivity contribution in [3.8, 4) is 11.5 Å². The molecule has 2 atom stereocenters. The molecule has 33 heavy (non-hydrogen) atoms. The monoisotopic (exact) mass is 463 g/mol. The second kappa shape index (κ2) is 8.64. The Bertz CT molecular complexity index is 1060. The molecule has 174 valence electrons. The molecule has 2 N–H and O–H groups in total. The zero-order valence-corrected chi connectivity index (χ0v) is 17.2. The van der Waals surface area contributed by atoms with Crippen molar-refractivity contribution < 1.29 is 37.4 Å². The molecule has 2 fully saturated rings. The number of ether oxygens (including phenoxy) is 1. The molecular formula is C22H20F3N3O5. The number of nitrogens with one attached hydrogen (secondary N) is 1. The van der Waals surface area contributed by atoms with E-state index in [4.69, 9.17) is 0 Å². The van der Waals surface area contributed by atoms with Gasteiger partial charge in [0.1, 0.15) is 23.6 Å². The average Bonchev–Trinajstić information content (AvgIpc) is 2.77. The molecule has 0 saturated carbocycles. The van der Waals surface area contributed by atoms with Crippen LogP contribution in [0.15, 0.2) is 48.5 Å². The number of alkyl halides is 3. The van der Waals surface area contributed by atoms with Gasteiger partial charge in [0.15, 0.2) is 0 Å². The molecule has 2 aromatic rings. The molecule has 4 rings (SSSR count). The fraction of sp³-hybridized carbons (Fsp3) is 0.318. The summed E-state index contributed by atoms with van der Waals surface area (Å²) in [6.07, 6.45) is -4.56. The summed E-state index contributed by atoms with van der Waals surface area (Å²) in [6.45, 7) is 0.314. The number of hydrogen-bond acceptors (Lipinski definition) is 5. The first-order valence-corrected chi connectivity index (χ1v) is 10.1. The molecule has 11 heteroatoms. The second-order valence-corrected chi connectivity index (χ2v) is 7.80. The van der Waals surface area contributed by atoms with E-state index in [0.717, 1.165) is 17.7 Å². The van der Waals surface area contributed by atoms with Crippen LogP contribution in [0.4, 0.5) is 13.2 Å². The van der Waals surface area contributed by atoms with Crippen molar-refractivity contribution in [2.75, 3.05) is 19.6 Å². The molecule has 0 bridgehead atoms. The maximum atomic E-state index is 12.9. The van der Waals surface area contributed by atoms with Crippen molar-refractivity contribution in [1.29, 1.82) is 0 Å². The van der Waals surface area contributed by atoms with Crippen LogP contribution in [0.2, 0.25) is 0 Å². The number of hydrogen-bond donors (Lipinski definition) is 2. The minimum atomic E-state index is -4.83. The number of rotatable bonds is 4. The summed E-state index contributed by atoms with van der Waals surface area (Å²) in [4.78, 5) is 41.3. The summed E-state index contributed by atoms with van der Waals surface area (Å²) < 4.78 is 40.7. The van der Waals surface area contributed by atoms with Gasteiger partial charge in [-0.15, -0.1) is 13.2 Å². The van der Waals surface area contributed by atoms with E-state index >= 15 is 0 Å². The molecule has 0 aliphatic carbocycles. The van der Waals surface area contributed by atoms with Gasteiger partial charge in [-0.25, -0.2) is 0 Å². The molecule has 0 spiro atoms. The third-order valence-electron chi connectivity index (χ3n) is 5.58. The lowest BCUT2D eigenvalue weighted by Gasteiger charge is -2.45. The molecule has 2 aliphatic heterocycles. The standard InChI is InChI=1S/C22H20F3N3O5/c23-22(24,25)33-16-7-3-14(4-8-16)20(31)27-9-10-28-18(12-27)19(30)26-17(21(28)32)11-13-1-5-15(29)6-2-13/h1-8,17-18,29H,9-12H2,(H,26,30)/t17-,18-/m1/s1. The van der Waals surface area contributed by atoms with Crippen LogP contribution in [0, 0.1) is 0 Å². The lowest BCUT2D eigenvalue weighted by Crippen LogP contribution is -2.70. The van der Waals surface area contributed by atoms with Gasteiger partial charge in [0.25, 0.3) is 5.91 Å². The lowest BCUT2D eigenvalue weighted by molar-refractivity contribution is -0.274. The minimum absolute atomic E-state index is 0.0247. The summed E-state index contributed by atoms with van der Waals surface area (Å²) in [5, 5.41) is 12.1. The summed E-state index contributed by atoms with van der Waals surface area (Å²) in [7, 11) is 0. The average molecular weight is 463 g/mol. The number of halogens is 3. The van der Waals surface area contributed by atoms with Crippen molar-refractivity contribution in [3.63, 3.8) is 0 Å². The quantitative estimate of drug-likeness (QED) is 0.719. The second-order valence-electron chi connectivity index (χ2n) is 7.80. The molecule has 0 radical (unpaired) electrons. The van der Waals surface area contributed by atoms with Crippen molar-refractivity contribution >= 4 is 17.7 Å². The van der Waals surface area contributed by atoms with Crippen molar-refractivity contribution in [2.45, 2.75) is 24.9 Å². The van der Waals surface area contributed by atoms with Gasteiger partial charge < -0.3 is 25.0 Å². The van der Waals surface area contributed by atoms with E-state index in [9.17, 15) is 32.7 Å². The predicted octanol–water partition coefficient (Wildman–Crippen LogP) is 1.68. The molecule has 0 unspecified atom stereocenters. The fourth-order valence-electron chi connectivity index (χ4n) is 3.97. The molecule has 2 saturated heterocycles. The number of phenolic OH excluding ortho intramolecular Hbond substituents is 1. The number of nitrogens with zero attached hydrogens (tertiary/aromatic N) is 2. The number of amides is 3. The van der Waals surface area contributed by atoms with E-state index in [1.807, 2.05) is 0 Å². The summed E-state index contributed by atoms with van der Waals surface area (Å²) >= 11 is 0. The highest BCUT2D eigenvalue weighted by atomic mass is 19.4. The Labute approximate surface area is 186 Å². The Morgan fingerprint density at radius 3 is 2.36 bits per heavy atom. The summed E-state index contributed by atoms with van der Waals surface area (Å²) in [5.74, 6) is -1.44. The SMILES string of the molecule is O=C1N[C@H](Cc2ccc(O)cc2)C(=O)N2CCN(C(=O)c3ccc(OC(F)(F)F)cc3)C[C@H]12. The van der Waals surface area contributed by atoms with Gasteiger partial charge in [0, 0.05) is 25.1 Å². The first-order valence-electron chi connectivity index (χ1n) is 10.1. The highest BCUT2D eigenvalue weighted by Gasteiger charge is 2.44. The zero-order valence-electron chi connectivity index (χ0n) is 17.2. The third-order valence-corrected chi connectivity index (χ3v) is 5.58. The Morgan fingerprint density at radius 1 is 1.06 bits per heavy atom. The first kappa shape index (κ1) is 22.4. The number of fused-ring (bicyclic) bond motifs is 1. The smallest absolute Gasteiger partial charge is 0.508 e. The Balaban J connectivity index is 1.40. The third kappa shape index (κ3) is 5.02. The van der Waals surface area contributed by atoms with E-state index < -0.39 is 30.1 Å². The largest absolute Gasteiger partial charge is 0.573 e. The van der Waals surface area contributed by atoms with Gasteiger partial charge in [0.2, 0.25) is 11.8 Å². The maximum Gasteiger partial charge on any atom is 0.573 e. The number of aromatic hydroxyl groups is 1. The Morgan fingerprint density at radius 2 is 1.73 bits per heavy atom. The molecule has 3 amide bonds. The first-order chi connectivity index (χ1) is 15.6. The van der Waals surface area contributed by atoms with Crippen LogP contribution in [0.25, 0.3) is 0 Å². The maximum absolute atomic E-state index is 12.9.